The minimum atomic E-state index is -0.598. The number of benzene rings is 1. The average Bonchev–Trinajstić information content (AvgIpc) is 2.95. The molecular formula is C19H20N2O4S. The molecule has 26 heavy (non-hydrogen) atoms. The van der Waals surface area contributed by atoms with Crippen molar-refractivity contribution >= 4 is 40.2 Å². The zero-order chi connectivity index (χ0) is 19.3. The van der Waals surface area contributed by atoms with E-state index < -0.39 is 11.9 Å². The molecule has 0 atom stereocenters. The van der Waals surface area contributed by atoms with E-state index in [1.165, 1.54) is 18.1 Å². The van der Waals surface area contributed by atoms with Gasteiger partial charge in [0, 0.05) is 20.2 Å². The van der Waals surface area contributed by atoms with Crippen LogP contribution in [0.3, 0.4) is 0 Å². The van der Waals surface area contributed by atoms with Gasteiger partial charge >= 0.3 is 5.97 Å². The van der Waals surface area contributed by atoms with Crippen molar-refractivity contribution in [3.05, 3.63) is 58.0 Å². The van der Waals surface area contributed by atoms with Crippen LogP contribution in [0.2, 0.25) is 0 Å². The summed E-state index contributed by atoms with van der Waals surface area (Å²) in [5, 5.41) is 2.97. The van der Waals surface area contributed by atoms with E-state index in [1.807, 2.05) is 30.3 Å². The van der Waals surface area contributed by atoms with Crippen LogP contribution in [-0.4, -0.2) is 43.9 Å². The van der Waals surface area contributed by atoms with Gasteiger partial charge in [0.25, 0.3) is 5.91 Å². The molecule has 1 aromatic carbocycles. The van der Waals surface area contributed by atoms with E-state index in [2.05, 4.69) is 5.32 Å². The Balaban J connectivity index is 2.31. The van der Waals surface area contributed by atoms with Crippen LogP contribution in [0.5, 0.6) is 0 Å². The van der Waals surface area contributed by atoms with Crippen molar-refractivity contribution in [1.29, 1.82) is 0 Å². The second-order valence-electron chi connectivity index (χ2n) is 5.68. The first kappa shape index (κ1) is 19.4. The number of hydrogen-bond acceptors (Lipinski definition) is 5. The number of esters is 1. The lowest BCUT2D eigenvalue weighted by Crippen LogP contribution is -2.21. The maximum Gasteiger partial charge on any atom is 0.341 e. The Kier molecular flexibility index (Phi) is 6.30. The van der Waals surface area contributed by atoms with Crippen molar-refractivity contribution < 1.29 is 19.1 Å². The monoisotopic (exact) mass is 372 g/mol. The summed E-state index contributed by atoms with van der Waals surface area (Å²) in [6.45, 7) is 1.66. The molecule has 2 amide bonds. The Morgan fingerprint density at radius 2 is 1.81 bits per heavy atom. The second-order valence-corrected chi connectivity index (χ2v) is 6.71. The smallest absolute Gasteiger partial charge is 0.341 e. The van der Waals surface area contributed by atoms with Crippen LogP contribution in [0, 0.1) is 6.92 Å². The van der Waals surface area contributed by atoms with Crippen LogP contribution in [-0.2, 0) is 9.53 Å². The fourth-order valence-electron chi connectivity index (χ4n) is 2.25. The van der Waals surface area contributed by atoms with Gasteiger partial charge in [0.1, 0.15) is 5.00 Å². The molecule has 0 spiro atoms. The molecule has 1 heterocycles. The average molecular weight is 372 g/mol. The van der Waals surface area contributed by atoms with Gasteiger partial charge in [-0.1, -0.05) is 30.3 Å². The predicted octanol–water partition coefficient (Wildman–Crippen LogP) is 3.20. The summed E-state index contributed by atoms with van der Waals surface area (Å²) in [4.78, 5) is 38.4. The largest absolute Gasteiger partial charge is 0.465 e. The zero-order valence-electron chi connectivity index (χ0n) is 15.0. The first-order valence-electron chi connectivity index (χ1n) is 7.82. The number of methoxy groups -OCH3 is 1. The third-order valence-corrected chi connectivity index (χ3v) is 4.80. The molecule has 0 saturated heterocycles. The van der Waals surface area contributed by atoms with Gasteiger partial charge in [0.15, 0.2) is 0 Å². The van der Waals surface area contributed by atoms with Crippen LogP contribution in [0.4, 0.5) is 5.00 Å². The number of carbonyl (C=O) groups is 3. The van der Waals surface area contributed by atoms with Gasteiger partial charge in [0.05, 0.1) is 17.6 Å². The zero-order valence-corrected chi connectivity index (χ0v) is 15.8. The number of anilines is 1. The number of carbonyl (C=O) groups excluding carboxylic acids is 3. The van der Waals surface area contributed by atoms with Crippen molar-refractivity contribution in [2.45, 2.75) is 6.92 Å². The molecule has 0 aliphatic heterocycles. The maximum absolute atomic E-state index is 12.3. The van der Waals surface area contributed by atoms with E-state index in [0.29, 0.717) is 15.4 Å². The highest BCUT2D eigenvalue weighted by molar-refractivity contribution is 7.18. The highest BCUT2D eigenvalue weighted by Gasteiger charge is 2.26. The summed E-state index contributed by atoms with van der Waals surface area (Å²) >= 11 is 1.06. The summed E-state index contributed by atoms with van der Waals surface area (Å²) < 4.78 is 4.80. The molecule has 7 heteroatoms. The summed E-state index contributed by atoms with van der Waals surface area (Å²) in [6, 6.07) is 9.36. The fourth-order valence-corrected chi connectivity index (χ4v) is 3.47. The standard InChI is InChI=1S/C19H20N2O4S/c1-12-15(19(24)25-4)17(26-16(12)18(23)21(2)3)20-14(22)11-10-13-8-6-5-7-9-13/h5-11H,1-4H3,(H,20,22). The van der Waals surface area contributed by atoms with Gasteiger partial charge in [-0.3, -0.25) is 9.59 Å². The molecule has 0 bridgehead atoms. The number of nitrogens with one attached hydrogen (secondary N) is 1. The molecule has 1 N–H and O–H groups in total. The number of thiophene rings is 1. The summed E-state index contributed by atoms with van der Waals surface area (Å²) in [5.74, 6) is -1.24. The second kappa shape index (κ2) is 8.44. The van der Waals surface area contributed by atoms with Crippen molar-refractivity contribution in [3.8, 4) is 0 Å². The summed E-state index contributed by atoms with van der Waals surface area (Å²) in [5.41, 5.74) is 1.56. The lowest BCUT2D eigenvalue weighted by atomic mass is 10.1. The molecule has 2 rings (SSSR count). The maximum atomic E-state index is 12.3. The highest BCUT2D eigenvalue weighted by atomic mass is 32.1. The van der Waals surface area contributed by atoms with E-state index in [1.54, 1.807) is 27.1 Å². The molecule has 2 aromatic rings. The summed E-state index contributed by atoms with van der Waals surface area (Å²) in [6.07, 6.45) is 3.04. The van der Waals surface area contributed by atoms with Gasteiger partial charge in [-0.25, -0.2) is 4.79 Å². The first-order valence-corrected chi connectivity index (χ1v) is 8.64. The highest BCUT2D eigenvalue weighted by Crippen LogP contribution is 2.34. The molecule has 136 valence electrons. The van der Waals surface area contributed by atoms with E-state index in [-0.39, 0.29) is 11.5 Å². The lowest BCUT2D eigenvalue weighted by molar-refractivity contribution is -0.111. The Hall–Kier alpha value is -2.93. The quantitative estimate of drug-likeness (QED) is 0.646. The fraction of sp³-hybridized carbons (Fsp3) is 0.211. The summed E-state index contributed by atoms with van der Waals surface area (Å²) in [7, 11) is 4.51. The van der Waals surface area contributed by atoms with Crippen molar-refractivity contribution in [2.24, 2.45) is 0 Å². The Morgan fingerprint density at radius 1 is 1.15 bits per heavy atom. The van der Waals surface area contributed by atoms with Gasteiger partial charge in [-0.15, -0.1) is 11.3 Å². The van der Waals surface area contributed by atoms with Crippen LogP contribution in [0.15, 0.2) is 36.4 Å². The predicted molar refractivity (Wildman–Crippen MR) is 103 cm³/mol. The van der Waals surface area contributed by atoms with Crippen molar-refractivity contribution in [2.75, 3.05) is 26.5 Å². The van der Waals surface area contributed by atoms with Crippen molar-refractivity contribution in [1.82, 2.24) is 4.90 Å². The van der Waals surface area contributed by atoms with Crippen molar-refractivity contribution in [3.63, 3.8) is 0 Å². The van der Waals surface area contributed by atoms with E-state index in [9.17, 15) is 14.4 Å². The van der Waals surface area contributed by atoms with Gasteiger partial charge in [-0.2, -0.15) is 0 Å². The number of nitrogens with zero attached hydrogens (tertiary/aromatic N) is 1. The van der Waals surface area contributed by atoms with Crippen LogP contribution in [0.1, 0.15) is 31.2 Å². The first-order chi connectivity index (χ1) is 12.3. The number of ether oxygens (including phenoxy) is 1. The normalized spacial score (nSPS) is 10.6. The number of rotatable bonds is 5. The van der Waals surface area contributed by atoms with Crippen LogP contribution < -0.4 is 5.32 Å². The molecule has 0 saturated carbocycles. The van der Waals surface area contributed by atoms with Crippen LogP contribution in [0.25, 0.3) is 6.08 Å². The van der Waals surface area contributed by atoms with Gasteiger partial charge < -0.3 is 15.0 Å². The molecule has 0 radical (unpaired) electrons. The minimum absolute atomic E-state index is 0.198. The molecule has 0 fully saturated rings. The van der Waals surface area contributed by atoms with E-state index in [0.717, 1.165) is 16.9 Å². The SMILES string of the molecule is COC(=O)c1c(NC(=O)C=Cc2ccccc2)sc(C(=O)N(C)C)c1C. The molecule has 0 aliphatic rings. The Labute approximate surface area is 156 Å². The molecule has 0 unspecified atom stereocenters. The lowest BCUT2D eigenvalue weighted by Gasteiger charge is -2.08. The van der Waals surface area contributed by atoms with E-state index in [4.69, 9.17) is 4.74 Å². The van der Waals surface area contributed by atoms with Gasteiger partial charge in [-0.05, 0) is 24.1 Å². The minimum Gasteiger partial charge on any atom is -0.465 e. The van der Waals surface area contributed by atoms with E-state index >= 15 is 0 Å². The molecular weight excluding hydrogens is 352 g/mol. The number of hydrogen-bond donors (Lipinski definition) is 1. The Bertz CT molecular complexity index is 854. The molecule has 0 aliphatic carbocycles. The third-order valence-electron chi connectivity index (χ3n) is 3.60. The topological polar surface area (TPSA) is 75.7 Å². The molecule has 6 nitrogen and oxygen atoms in total. The number of amides is 2. The Morgan fingerprint density at radius 3 is 2.38 bits per heavy atom. The molecule has 1 aromatic heterocycles. The van der Waals surface area contributed by atoms with Gasteiger partial charge in [0.2, 0.25) is 5.91 Å². The van der Waals surface area contributed by atoms with Crippen LogP contribution >= 0.6 is 11.3 Å². The third kappa shape index (κ3) is 4.37.